The Morgan fingerprint density at radius 1 is 1.56 bits per heavy atom. The first-order chi connectivity index (χ1) is 7.66. The van der Waals surface area contributed by atoms with Gasteiger partial charge in [-0.1, -0.05) is 0 Å². The van der Waals surface area contributed by atoms with Gasteiger partial charge in [0, 0.05) is 6.42 Å². The summed E-state index contributed by atoms with van der Waals surface area (Å²) < 4.78 is 10.7. The Labute approximate surface area is 92.8 Å². The summed E-state index contributed by atoms with van der Waals surface area (Å²) in [6, 6.07) is 4.43. The number of nitrogen functional groups attached to an aromatic ring is 1. The molecular weight excluding hydrogens is 210 g/mol. The number of ether oxygens (including phenoxy) is 2. The predicted molar refractivity (Wildman–Crippen MR) is 57.7 cm³/mol. The van der Waals surface area contributed by atoms with E-state index in [4.69, 9.17) is 20.3 Å². The van der Waals surface area contributed by atoms with Crippen molar-refractivity contribution in [2.45, 2.75) is 12.5 Å². The van der Waals surface area contributed by atoms with Gasteiger partial charge in [-0.05, 0) is 18.2 Å². The molecule has 2 rings (SSSR count). The summed E-state index contributed by atoms with van der Waals surface area (Å²) in [7, 11) is 0. The maximum atomic E-state index is 10.8. The highest BCUT2D eigenvalue weighted by Crippen LogP contribution is 2.25. The first-order valence-corrected chi connectivity index (χ1v) is 5.04. The van der Waals surface area contributed by atoms with Gasteiger partial charge in [-0.2, -0.15) is 0 Å². The highest BCUT2D eigenvalue weighted by atomic mass is 16.5. The number of carboxylic acids is 1. The third-order valence-electron chi connectivity index (χ3n) is 2.44. The number of hydrogen-bond acceptors (Lipinski definition) is 4. The Balaban J connectivity index is 2.17. The largest absolute Gasteiger partial charge is 0.486 e. The standard InChI is InChI=1S/C11H13NO4/c12-9-2-1-7(11(13)14)5-10(9)16-8-3-4-15-6-8/h1-2,5,8H,3-4,6,12H2,(H,13,14). The lowest BCUT2D eigenvalue weighted by Crippen LogP contribution is -2.16. The monoisotopic (exact) mass is 223 g/mol. The number of aromatic carboxylic acids is 1. The first kappa shape index (κ1) is 10.8. The summed E-state index contributed by atoms with van der Waals surface area (Å²) in [5.74, 6) is -0.581. The Morgan fingerprint density at radius 2 is 2.38 bits per heavy atom. The quantitative estimate of drug-likeness (QED) is 0.751. The normalized spacial score (nSPS) is 19.6. The van der Waals surface area contributed by atoms with Crippen LogP contribution in [-0.2, 0) is 4.74 Å². The lowest BCUT2D eigenvalue weighted by molar-refractivity contribution is 0.0696. The molecule has 1 aliphatic rings. The summed E-state index contributed by atoms with van der Waals surface area (Å²) >= 11 is 0. The maximum absolute atomic E-state index is 10.8. The van der Waals surface area contributed by atoms with E-state index in [-0.39, 0.29) is 11.7 Å². The average Bonchev–Trinajstić information content (AvgIpc) is 2.73. The van der Waals surface area contributed by atoms with E-state index in [2.05, 4.69) is 0 Å². The van der Waals surface area contributed by atoms with Gasteiger partial charge in [0.05, 0.1) is 24.5 Å². The van der Waals surface area contributed by atoms with Crippen molar-refractivity contribution in [3.05, 3.63) is 23.8 Å². The van der Waals surface area contributed by atoms with Crippen molar-refractivity contribution in [3.63, 3.8) is 0 Å². The number of carboxylic acid groups (broad SMARTS) is 1. The molecule has 0 radical (unpaired) electrons. The fourth-order valence-electron chi connectivity index (χ4n) is 1.55. The van der Waals surface area contributed by atoms with Gasteiger partial charge in [-0.3, -0.25) is 0 Å². The van der Waals surface area contributed by atoms with Gasteiger partial charge in [0.25, 0.3) is 0 Å². The molecule has 1 saturated heterocycles. The van der Waals surface area contributed by atoms with Crippen LogP contribution < -0.4 is 10.5 Å². The zero-order chi connectivity index (χ0) is 11.5. The molecule has 5 nitrogen and oxygen atoms in total. The molecule has 1 aromatic rings. The number of carbonyl (C=O) groups is 1. The Hall–Kier alpha value is -1.75. The van der Waals surface area contributed by atoms with Crippen molar-refractivity contribution in [3.8, 4) is 5.75 Å². The molecule has 0 amide bonds. The first-order valence-electron chi connectivity index (χ1n) is 5.04. The molecule has 1 unspecified atom stereocenters. The van der Waals surface area contributed by atoms with E-state index in [0.29, 0.717) is 24.7 Å². The van der Waals surface area contributed by atoms with Crippen LogP contribution in [0.25, 0.3) is 0 Å². The highest BCUT2D eigenvalue weighted by molar-refractivity contribution is 5.89. The Kier molecular flexibility index (Phi) is 2.96. The predicted octanol–water partition coefficient (Wildman–Crippen LogP) is 1.13. The molecule has 86 valence electrons. The second-order valence-corrected chi connectivity index (χ2v) is 3.66. The van der Waals surface area contributed by atoms with Crippen LogP contribution in [0.15, 0.2) is 18.2 Å². The SMILES string of the molecule is Nc1ccc(C(=O)O)cc1OC1CCOC1. The second kappa shape index (κ2) is 4.40. The fraction of sp³-hybridized carbons (Fsp3) is 0.364. The molecular formula is C11H13NO4. The lowest BCUT2D eigenvalue weighted by Gasteiger charge is -2.14. The van der Waals surface area contributed by atoms with Crippen molar-refractivity contribution in [2.24, 2.45) is 0 Å². The number of rotatable bonds is 3. The molecule has 0 aromatic heterocycles. The van der Waals surface area contributed by atoms with Crippen molar-refractivity contribution in [1.82, 2.24) is 0 Å². The second-order valence-electron chi connectivity index (χ2n) is 3.66. The number of hydrogen-bond donors (Lipinski definition) is 2. The van der Waals surface area contributed by atoms with Crippen LogP contribution in [0.2, 0.25) is 0 Å². The Bertz CT molecular complexity index is 399. The Morgan fingerprint density at radius 3 is 3.00 bits per heavy atom. The van der Waals surface area contributed by atoms with Gasteiger partial charge >= 0.3 is 5.97 Å². The molecule has 0 saturated carbocycles. The molecule has 3 N–H and O–H groups in total. The minimum absolute atomic E-state index is 0.0358. The van der Waals surface area contributed by atoms with Crippen molar-refractivity contribution in [2.75, 3.05) is 18.9 Å². The van der Waals surface area contributed by atoms with Crippen LogP contribution >= 0.6 is 0 Å². The van der Waals surface area contributed by atoms with E-state index in [1.807, 2.05) is 0 Å². The molecule has 0 bridgehead atoms. The van der Waals surface area contributed by atoms with Gasteiger partial charge in [-0.15, -0.1) is 0 Å². The summed E-state index contributed by atoms with van der Waals surface area (Å²) in [6.07, 6.45) is 0.767. The summed E-state index contributed by atoms with van der Waals surface area (Å²) in [6.45, 7) is 1.19. The van der Waals surface area contributed by atoms with E-state index < -0.39 is 5.97 Å². The van der Waals surface area contributed by atoms with Gasteiger partial charge in [0.1, 0.15) is 11.9 Å². The van der Waals surface area contributed by atoms with Gasteiger partial charge < -0.3 is 20.3 Å². The number of benzene rings is 1. The van der Waals surface area contributed by atoms with E-state index in [1.165, 1.54) is 18.2 Å². The molecule has 0 aliphatic carbocycles. The van der Waals surface area contributed by atoms with Gasteiger partial charge in [0.2, 0.25) is 0 Å². The zero-order valence-corrected chi connectivity index (χ0v) is 8.68. The van der Waals surface area contributed by atoms with Crippen molar-refractivity contribution < 1.29 is 19.4 Å². The smallest absolute Gasteiger partial charge is 0.335 e. The van der Waals surface area contributed by atoms with Crippen LogP contribution in [0.3, 0.4) is 0 Å². The minimum atomic E-state index is -0.993. The number of anilines is 1. The van der Waals surface area contributed by atoms with Crippen LogP contribution in [0.1, 0.15) is 16.8 Å². The van der Waals surface area contributed by atoms with E-state index in [9.17, 15) is 4.79 Å². The highest BCUT2D eigenvalue weighted by Gasteiger charge is 2.18. The van der Waals surface area contributed by atoms with Crippen molar-refractivity contribution in [1.29, 1.82) is 0 Å². The molecule has 1 fully saturated rings. The van der Waals surface area contributed by atoms with E-state index in [0.717, 1.165) is 6.42 Å². The maximum Gasteiger partial charge on any atom is 0.335 e. The summed E-state index contributed by atoms with van der Waals surface area (Å²) in [4.78, 5) is 10.8. The van der Waals surface area contributed by atoms with Gasteiger partial charge in [0.15, 0.2) is 0 Å². The molecule has 5 heteroatoms. The van der Waals surface area contributed by atoms with E-state index >= 15 is 0 Å². The molecule has 1 heterocycles. The van der Waals surface area contributed by atoms with Crippen LogP contribution in [0, 0.1) is 0 Å². The lowest BCUT2D eigenvalue weighted by atomic mass is 10.2. The van der Waals surface area contributed by atoms with Gasteiger partial charge in [-0.25, -0.2) is 4.79 Å². The van der Waals surface area contributed by atoms with Crippen molar-refractivity contribution >= 4 is 11.7 Å². The topological polar surface area (TPSA) is 81.8 Å². The summed E-state index contributed by atoms with van der Waals surface area (Å²) in [5.41, 5.74) is 6.32. The third-order valence-corrected chi connectivity index (χ3v) is 2.44. The molecule has 0 spiro atoms. The molecule has 1 aliphatic heterocycles. The molecule has 16 heavy (non-hydrogen) atoms. The third kappa shape index (κ3) is 2.25. The fourth-order valence-corrected chi connectivity index (χ4v) is 1.55. The van der Waals surface area contributed by atoms with Crippen LogP contribution in [-0.4, -0.2) is 30.4 Å². The molecule has 1 aromatic carbocycles. The number of nitrogens with two attached hydrogens (primary N) is 1. The zero-order valence-electron chi connectivity index (χ0n) is 8.68. The average molecular weight is 223 g/mol. The minimum Gasteiger partial charge on any atom is -0.486 e. The molecule has 1 atom stereocenters. The van der Waals surface area contributed by atoms with Crippen LogP contribution in [0.4, 0.5) is 5.69 Å². The van der Waals surface area contributed by atoms with Crippen LogP contribution in [0.5, 0.6) is 5.75 Å². The van der Waals surface area contributed by atoms with E-state index in [1.54, 1.807) is 0 Å². The summed E-state index contributed by atoms with van der Waals surface area (Å²) in [5, 5.41) is 8.84.